The molecule has 102 valence electrons. The maximum Gasteiger partial charge on any atom is 0.123 e. The van der Waals surface area contributed by atoms with Gasteiger partial charge in [-0.25, -0.2) is 4.39 Å². The highest BCUT2D eigenvalue weighted by Gasteiger charge is 2.06. The molecule has 0 bridgehead atoms. The summed E-state index contributed by atoms with van der Waals surface area (Å²) in [6.45, 7) is 1.82. The van der Waals surface area contributed by atoms with E-state index in [4.69, 9.17) is 5.73 Å². The van der Waals surface area contributed by atoms with E-state index in [2.05, 4.69) is 10.00 Å². The van der Waals surface area contributed by atoms with Gasteiger partial charge in [-0.05, 0) is 30.3 Å². The van der Waals surface area contributed by atoms with E-state index >= 15 is 0 Å². The Balaban J connectivity index is 2.02. The third-order valence-electron chi connectivity index (χ3n) is 2.92. The molecule has 0 saturated carbocycles. The minimum atomic E-state index is -0.229. The van der Waals surface area contributed by atoms with Crippen LogP contribution in [0.1, 0.15) is 16.7 Å². The normalized spacial score (nSPS) is 11.2. The van der Waals surface area contributed by atoms with Crippen molar-refractivity contribution in [1.29, 1.82) is 0 Å². The van der Waals surface area contributed by atoms with Crippen molar-refractivity contribution < 1.29 is 4.39 Å². The van der Waals surface area contributed by atoms with Crippen LogP contribution in [0.3, 0.4) is 0 Å². The third kappa shape index (κ3) is 3.87. The Bertz CT molecular complexity index is 550. The van der Waals surface area contributed by atoms with Crippen LogP contribution in [0.2, 0.25) is 0 Å². The second kappa shape index (κ2) is 5.95. The second-order valence-electron chi connectivity index (χ2n) is 4.87. The van der Waals surface area contributed by atoms with E-state index in [1.54, 1.807) is 10.7 Å². The number of hydrogen-bond donors (Lipinski definition) is 1. The fraction of sp³-hybridized carbons (Fsp3) is 0.357. The highest BCUT2D eigenvalue weighted by Crippen LogP contribution is 2.12. The van der Waals surface area contributed by atoms with Gasteiger partial charge in [0.25, 0.3) is 0 Å². The first-order chi connectivity index (χ1) is 9.06. The largest absolute Gasteiger partial charge is 0.326 e. The molecular formula is C14H19FN4. The molecule has 2 N–H and O–H groups in total. The summed E-state index contributed by atoms with van der Waals surface area (Å²) >= 11 is 0. The molecule has 0 saturated heterocycles. The lowest BCUT2D eigenvalue weighted by atomic mass is 10.1. The van der Waals surface area contributed by atoms with Crippen molar-refractivity contribution in [2.75, 3.05) is 7.05 Å². The minimum Gasteiger partial charge on any atom is -0.326 e. The molecule has 0 unspecified atom stereocenters. The topological polar surface area (TPSA) is 47.1 Å². The fourth-order valence-electron chi connectivity index (χ4n) is 2.16. The van der Waals surface area contributed by atoms with Gasteiger partial charge in [0.2, 0.25) is 0 Å². The first-order valence-corrected chi connectivity index (χ1v) is 6.21. The monoisotopic (exact) mass is 262 g/mol. The van der Waals surface area contributed by atoms with Gasteiger partial charge >= 0.3 is 0 Å². The molecular weight excluding hydrogens is 243 g/mol. The number of aromatic nitrogens is 2. The number of nitrogens with zero attached hydrogens (tertiary/aromatic N) is 3. The van der Waals surface area contributed by atoms with Gasteiger partial charge in [-0.15, -0.1) is 0 Å². The molecule has 19 heavy (non-hydrogen) atoms. The van der Waals surface area contributed by atoms with E-state index in [0.717, 1.165) is 23.2 Å². The van der Waals surface area contributed by atoms with E-state index in [1.165, 1.54) is 6.07 Å². The van der Waals surface area contributed by atoms with Gasteiger partial charge in [-0.2, -0.15) is 5.10 Å². The molecule has 0 atom stereocenters. The van der Waals surface area contributed by atoms with Crippen molar-refractivity contribution in [2.24, 2.45) is 12.8 Å². The molecule has 0 aliphatic rings. The van der Waals surface area contributed by atoms with Crippen molar-refractivity contribution in [3.05, 3.63) is 53.1 Å². The van der Waals surface area contributed by atoms with Crippen molar-refractivity contribution in [2.45, 2.75) is 19.6 Å². The van der Waals surface area contributed by atoms with Gasteiger partial charge in [0, 0.05) is 38.4 Å². The van der Waals surface area contributed by atoms with Crippen molar-refractivity contribution >= 4 is 0 Å². The van der Waals surface area contributed by atoms with Crippen LogP contribution in [0.15, 0.2) is 30.6 Å². The van der Waals surface area contributed by atoms with Gasteiger partial charge in [0.05, 0.1) is 6.20 Å². The summed E-state index contributed by atoms with van der Waals surface area (Å²) in [5, 5.41) is 4.13. The number of aryl methyl sites for hydroxylation is 1. The molecule has 4 nitrogen and oxygen atoms in total. The Morgan fingerprint density at radius 2 is 1.89 bits per heavy atom. The summed E-state index contributed by atoms with van der Waals surface area (Å²) in [6.07, 6.45) is 3.82. The quantitative estimate of drug-likeness (QED) is 0.891. The Kier molecular flexibility index (Phi) is 4.29. The summed E-state index contributed by atoms with van der Waals surface area (Å²) in [5.74, 6) is -0.229. The van der Waals surface area contributed by atoms with E-state index < -0.39 is 0 Å². The molecule has 0 fully saturated rings. The van der Waals surface area contributed by atoms with E-state index in [1.807, 2.05) is 32.6 Å². The summed E-state index contributed by atoms with van der Waals surface area (Å²) in [4.78, 5) is 2.12. The average Bonchev–Trinajstić information content (AvgIpc) is 2.73. The molecule has 0 aliphatic heterocycles. The number of halogens is 1. The van der Waals surface area contributed by atoms with Crippen LogP contribution < -0.4 is 5.73 Å². The fourth-order valence-corrected chi connectivity index (χ4v) is 2.16. The zero-order chi connectivity index (χ0) is 13.8. The first-order valence-electron chi connectivity index (χ1n) is 6.21. The lowest BCUT2D eigenvalue weighted by Crippen LogP contribution is -2.17. The molecule has 2 aromatic rings. The van der Waals surface area contributed by atoms with Crippen LogP contribution in [0.4, 0.5) is 4.39 Å². The summed E-state index contributed by atoms with van der Waals surface area (Å²) < 4.78 is 15.2. The summed E-state index contributed by atoms with van der Waals surface area (Å²) in [7, 11) is 3.89. The number of benzene rings is 1. The predicted octanol–water partition coefficient (Wildman–Crippen LogP) is 1.65. The maximum atomic E-state index is 13.4. The molecule has 0 radical (unpaired) electrons. The van der Waals surface area contributed by atoms with Gasteiger partial charge in [-0.1, -0.05) is 6.07 Å². The van der Waals surface area contributed by atoms with Crippen LogP contribution in [-0.4, -0.2) is 21.7 Å². The molecule has 5 heteroatoms. The molecule has 1 aromatic heterocycles. The van der Waals surface area contributed by atoms with Gasteiger partial charge in [-0.3, -0.25) is 9.58 Å². The van der Waals surface area contributed by atoms with Crippen LogP contribution in [0.25, 0.3) is 0 Å². The average molecular weight is 262 g/mol. The van der Waals surface area contributed by atoms with Crippen LogP contribution in [0, 0.1) is 5.82 Å². The van der Waals surface area contributed by atoms with Crippen LogP contribution in [0.5, 0.6) is 0 Å². The van der Waals surface area contributed by atoms with Crippen LogP contribution in [-0.2, 0) is 26.7 Å². The van der Waals surface area contributed by atoms with Crippen molar-refractivity contribution in [3.63, 3.8) is 0 Å². The van der Waals surface area contributed by atoms with E-state index in [9.17, 15) is 4.39 Å². The summed E-state index contributed by atoms with van der Waals surface area (Å²) in [6, 6.07) is 4.98. The molecule has 0 amide bonds. The van der Waals surface area contributed by atoms with E-state index in [-0.39, 0.29) is 5.82 Å². The highest BCUT2D eigenvalue weighted by atomic mass is 19.1. The molecule has 0 aliphatic carbocycles. The Morgan fingerprint density at radius 1 is 1.21 bits per heavy atom. The van der Waals surface area contributed by atoms with Crippen molar-refractivity contribution in [3.8, 4) is 0 Å². The maximum absolute atomic E-state index is 13.4. The van der Waals surface area contributed by atoms with Gasteiger partial charge < -0.3 is 5.73 Å². The number of rotatable bonds is 5. The summed E-state index contributed by atoms with van der Waals surface area (Å²) in [5.41, 5.74) is 8.45. The molecule has 0 spiro atoms. The van der Waals surface area contributed by atoms with E-state index in [0.29, 0.717) is 13.1 Å². The number of hydrogen-bond acceptors (Lipinski definition) is 3. The zero-order valence-corrected chi connectivity index (χ0v) is 11.3. The molecule has 2 rings (SSSR count). The van der Waals surface area contributed by atoms with Crippen LogP contribution >= 0.6 is 0 Å². The SMILES string of the molecule is CN(Cc1cc(F)cc(CN)c1)Cc1cnn(C)c1. The lowest BCUT2D eigenvalue weighted by molar-refractivity contribution is 0.318. The van der Waals surface area contributed by atoms with Crippen molar-refractivity contribution in [1.82, 2.24) is 14.7 Å². The Hall–Kier alpha value is -1.72. The molecule has 1 heterocycles. The highest BCUT2D eigenvalue weighted by molar-refractivity contribution is 5.24. The second-order valence-corrected chi connectivity index (χ2v) is 4.87. The smallest absolute Gasteiger partial charge is 0.123 e. The van der Waals surface area contributed by atoms with Gasteiger partial charge in [0.15, 0.2) is 0 Å². The Morgan fingerprint density at radius 3 is 2.53 bits per heavy atom. The first kappa shape index (κ1) is 13.7. The number of nitrogens with two attached hydrogens (primary N) is 1. The minimum absolute atomic E-state index is 0.229. The lowest BCUT2D eigenvalue weighted by Gasteiger charge is -2.16. The molecule has 1 aromatic carbocycles. The van der Waals surface area contributed by atoms with Gasteiger partial charge in [0.1, 0.15) is 5.82 Å². The standard InChI is InChI=1S/C14H19FN4/c1-18(9-13-7-17-19(2)10-13)8-12-3-11(6-16)4-14(15)5-12/h3-5,7,10H,6,8-9,16H2,1-2H3. The third-order valence-corrected chi connectivity index (χ3v) is 2.92. The predicted molar refractivity (Wildman–Crippen MR) is 72.7 cm³/mol. The zero-order valence-electron chi connectivity index (χ0n) is 11.3. The Labute approximate surface area is 112 Å².